The molecule has 0 spiro atoms. The predicted octanol–water partition coefficient (Wildman–Crippen LogP) is 4.49. The molecule has 0 aromatic heterocycles. The number of ether oxygens (including phenoxy) is 1. The van der Waals surface area contributed by atoms with Crippen molar-refractivity contribution in [3.05, 3.63) is 78.1 Å². The summed E-state index contributed by atoms with van der Waals surface area (Å²) in [5.41, 5.74) is 0.993. The maximum absolute atomic E-state index is 13.5. The van der Waals surface area contributed by atoms with E-state index in [0.717, 1.165) is 28.1 Å². The zero-order chi connectivity index (χ0) is 19.9. The topological polar surface area (TPSA) is 55.4 Å². The van der Waals surface area contributed by atoms with Gasteiger partial charge in [0, 0.05) is 4.90 Å². The predicted molar refractivity (Wildman–Crippen MR) is 109 cm³/mol. The highest BCUT2D eigenvalue weighted by Gasteiger charge is 2.14. The van der Waals surface area contributed by atoms with Crippen LogP contribution in [0.2, 0.25) is 0 Å². The summed E-state index contributed by atoms with van der Waals surface area (Å²) in [6, 6.07) is 19.8. The number of thioether (sulfide) groups is 1. The average molecular weight is 397 g/mol. The van der Waals surface area contributed by atoms with Crippen molar-refractivity contribution in [2.45, 2.75) is 17.9 Å². The zero-order valence-corrected chi connectivity index (χ0v) is 16.2. The van der Waals surface area contributed by atoms with Crippen LogP contribution >= 0.6 is 11.8 Å². The van der Waals surface area contributed by atoms with Gasteiger partial charge in [-0.1, -0.05) is 54.6 Å². The van der Waals surface area contributed by atoms with Crippen molar-refractivity contribution in [2.24, 2.45) is 0 Å². The van der Waals surface area contributed by atoms with Gasteiger partial charge in [-0.2, -0.15) is 0 Å². The van der Waals surface area contributed by atoms with Crippen LogP contribution in [0, 0.1) is 5.82 Å². The van der Waals surface area contributed by atoms with Crippen LogP contribution in [0.5, 0.6) is 0 Å². The molecule has 0 fully saturated rings. The Labute approximate surface area is 167 Å². The van der Waals surface area contributed by atoms with E-state index in [1.165, 1.54) is 6.07 Å². The van der Waals surface area contributed by atoms with E-state index in [-0.39, 0.29) is 30.1 Å². The van der Waals surface area contributed by atoms with Gasteiger partial charge in [-0.05, 0) is 35.4 Å². The Hall–Kier alpha value is -2.86. The fourth-order valence-corrected chi connectivity index (χ4v) is 3.61. The lowest BCUT2D eigenvalue weighted by Crippen LogP contribution is -2.31. The van der Waals surface area contributed by atoms with Crippen LogP contribution in [0.4, 0.5) is 4.39 Å². The second-order valence-corrected chi connectivity index (χ2v) is 7.25. The van der Waals surface area contributed by atoms with Crippen LogP contribution in [-0.4, -0.2) is 24.2 Å². The lowest BCUT2D eigenvalue weighted by atomic mass is 10.00. The van der Waals surface area contributed by atoms with E-state index >= 15 is 0 Å². The highest BCUT2D eigenvalue weighted by atomic mass is 32.2. The minimum absolute atomic E-state index is 0.0624. The monoisotopic (exact) mass is 397 g/mol. The Bertz CT molecular complexity index is 987. The fraction of sp³-hybridized carbons (Fsp3) is 0.182. The van der Waals surface area contributed by atoms with Crippen molar-refractivity contribution in [1.82, 2.24) is 5.32 Å². The molecule has 0 heterocycles. The molecule has 0 bridgehead atoms. The van der Waals surface area contributed by atoms with E-state index in [2.05, 4.69) is 5.32 Å². The Morgan fingerprint density at radius 1 is 1.04 bits per heavy atom. The van der Waals surface area contributed by atoms with Gasteiger partial charge in [-0.15, -0.1) is 11.8 Å². The van der Waals surface area contributed by atoms with Crippen LogP contribution in [0.15, 0.2) is 71.6 Å². The Balaban J connectivity index is 1.49. The standard InChI is InChI=1S/C22H20FNO3S/c1-15(17-10-6-8-16-7-2-3-9-18(16)17)24-21(25)13-27-22(26)14-28-20-12-5-4-11-19(20)23/h2-12,15H,13-14H2,1H3,(H,24,25)/t15-/m1/s1. The molecule has 3 aromatic rings. The molecule has 0 saturated carbocycles. The van der Waals surface area contributed by atoms with Crippen molar-refractivity contribution < 1.29 is 18.7 Å². The molecular formula is C22H20FNO3S. The van der Waals surface area contributed by atoms with Gasteiger partial charge in [0.2, 0.25) is 0 Å². The van der Waals surface area contributed by atoms with Crippen molar-refractivity contribution in [3.63, 3.8) is 0 Å². The van der Waals surface area contributed by atoms with Gasteiger partial charge in [-0.25, -0.2) is 4.39 Å². The number of nitrogens with one attached hydrogen (secondary N) is 1. The number of fused-ring (bicyclic) bond motifs is 1. The number of rotatable bonds is 7. The van der Waals surface area contributed by atoms with Crippen molar-refractivity contribution in [3.8, 4) is 0 Å². The Morgan fingerprint density at radius 3 is 2.57 bits per heavy atom. The van der Waals surface area contributed by atoms with Crippen LogP contribution in [-0.2, 0) is 14.3 Å². The third-order valence-electron chi connectivity index (χ3n) is 4.21. The number of esters is 1. The van der Waals surface area contributed by atoms with E-state index in [0.29, 0.717) is 4.90 Å². The van der Waals surface area contributed by atoms with Gasteiger partial charge in [0.05, 0.1) is 11.8 Å². The number of hydrogen-bond donors (Lipinski definition) is 1. The summed E-state index contributed by atoms with van der Waals surface area (Å²) in [5, 5.41) is 5.00. The maximum atomic E-state index is 13.5. The summed E-state index contributed by atoms with van der Waals surface area (Å²) >= 11 is 1.04. The maximum Gasteiger partial charge on any atom is 0.316 e. The van der Waals surface area contributed by atoms with E-state index in [1.807, 2.05) is 49.4 Å². The molecule has 144 valence electrons. The first-order valence-electron chi connectivity index (χ1n) is 8.84. The van der Waals surface area contributed by atoms with E-state index in [4.69, 9.17) is 4.74 Å². The normalized spacial score (nSPS) is 11.8. The summed E-state index contributed by atoms with van der Waals surface area (Å²) in [6.45, 7) is 1.52. The molecule has 0 aliphatic rings. The highest BCUT2D eigenvalue weighted by molar-refractivity contribution is 8.00. The minimum Gasteiger partial charge on any atom is -0.455 e. The van der Waals surface area contributed by atoms with Crippen molar-refractivity contribution in [2.75, 3.05) is 12.4 Å². The summed E-state index contributed by atoms with van der Waals surface area (Å²) in [5.74, 6) is -1.40. The number of hydrogen-bond acceptors (Lipinski definition) is 4. The third-order valence-corrected chi connectivity index (χ3v) is 5.24. The number of halogens is 1. The van der Waals surface area contributed by atoms with Gasteiger partial charge in [0.1, 0.15) is 5.82 Å². The van der Waals surface area contributed by atoms with E-state index < -0.39 is 5.97 Å². The molecule has 6 heteroatoms. The van der Waals surface area contributed by atoms with Gasteiger partial charge in [0.25, 0.3) is 5.91 Å². The molecule has 0 radical (unpaired) electrons. The van der Waals surface area contributed by atoms with Crippen molar-refractivity contribution in [1.29, 1.82) is 0 Å². The van der Waals surface area contributed by atoms with Crippen molar-refractivity contribution >= 4 is 34.4 Å². The number of amides is 1. The minimum atomic E-state index is -0.568. The zero-order valence-electron chi connectivity index (χ0n) is 15.4. The first kappa shape index (κ1) is 19.9. The highest BCUT2D eigenvalue weighted by Crippen LogP contribution is 2.24. The van der Waals surface area contributed by atoms with E-state index in [9.17, 15) is 14.0 Å². The van der Waals surface area contributed by atoms with Crippen LogP contribution in [0.1, 0.15) is 18.5 Å². The summed E-state index contributed by atoms with van der Waals surface area (Å²) < 4.78 is 18.5. The Morgan fingerprint density at radius 2 is 1.75 bits per heavy atom. The first-order chi connectivity index (χ1) is 13.5. The number of benzene rings is 3. The largest absolute Gasteiger partial charge is 0.455 e. The quantitative estimate of drug-likeness (QED) is 0.471. The SMILES string of the molecule is C[C@@H](NC(=O)COC(=O)CSc1ccccc1F)c1cccc2ccccc12. The second kappa shape index (κ2) is 9.37. The van der Waals surface area contributed by atoms with Crippen LogP contribution in [0.25, 0.3) is 10.8 Å². The van der Waals surface area contributed by atoms with E-state index in [1.54, 1.807) is 18.2 Å². The smallest absolute Gasteiger partial charge is 0.316 e. The van der Waals surface area contributed by atoms with Gasteiger partial charge < -0.3 is 10.1 Å². The lowest BCUT2D eigenvalue weighted by molar-refractivity contribution is -0.146. The molecule has 3 aromatic carbocycles. The molecule has 0 aliphatic carbocycles. The number of carbonyl (C=O) groups excluding carboxylic acids is 2. The summed E-state index contributed by atoms with van der Waals surface area (Å²) in [6.07, 6.45) is 0. The molecule has 1 amide bonds. The Kier molecular flexibility index (Phi) is 6.66. The molecular weight excluding hydrogens is 377 g/mol. The first-order valence-corrected chi connectivity index (χ1v) is 9.83. The molecule has 0 unspecified atom stereocenters. The molecule has 0 aliphatic heterocycles. The summed E-state index contributed by atoms with van der Waals surface area (Å²) in [4.78, 5) is 24.3. The molecule has 0 saturated heterocycles. The van der Waals surface area contributed by atoms with Crippen LogP contribution < -0.4 is 5.32 Å². The summed E-state index contributed by atoms with van der Waals surface area (Å²) in [7, 11) is 0. The fourth-order valence-electron chi connectivity index (χ4n) is 2.88. The lowest BCUT2D eigenvalue weighted by Gasteiger charge is -2.16. The third kappa shape index (κ3) is 5.10. The average Bonchev–Trinajstić information content (AvgIpc) is 2.71. The van der Waals surface area contributed by atoms with Gasteiger partial charge in [0.15, 0.2) is 6.61 Å². The molecule has 3 rings (SSSR count). The second-order valence-electron chi connectivity index (χ2n) is 6.24. The molecule has 4 nitrogen and oxygen atoms in total. The molecule has 1 N–H and O–H groups in total. The number of carbonyl (C=O) groups is 2. The molecule has 1 atom stereocenters. The molecule has 28 heavy (non-hydrogen) atoms. The van der Waals surface area contributed by atoms with Gasteiger partial charge in [-0.3, -0.25) is 9.59 Å². The van der Waals surface area contributed by atoms with Crippen LogP contribution in [0.3, 0.4) is 0 Å². The van der Waals surface area contributed by atoms with Gasteiger partial charge >= 0.3 is 5.97 Å².